The van der Waals surface area contributed by atoms with E-state index in [0.717, 1.165) is 5.56 Å². The topological polar surface area (TPSA) is 77.3 Å². The van der Waals surface area contributed by atoms with E-state index in [9.17, 15) is 10.1 Å². The molecule has 0 bridgehead atoms. The van der Waals surface area contributed by atoms with Gasteiger partial charge in [0.05, 0.1) is 4.92 Å². The van der Waals surface area contributed by atoms with Crippen molar-refractivity contribution in [1.29, 1.82) is 0 Å². The largest absolute Gasteiger partial charge is 0.439 e. The van der Waals surface area contributed by atoms with Gasteiger partial charge in [-0.2, -0.15) is 0 Å². The fourth-order valence-corrected chi connectivity index (χ4v) is 1.63. The van der Waals surface area contributed by atoms with Crippen LogP contribution in [0.25, 0.3) is 0 Å². The summed E-state index contributed by atoms with van der Waals surface area (Å²) in [4.78, 5) is 14.3. The molecule has 0 aliphatic heterocycles. The Bertz CT molecular complexity index is 582. The van der Waals surface area contributed by atoms with Crippen molar-refractivity contribution in [2.24, 2.45) is 0 Å². The van der Waals surface area contributed by atoms with Crippen LogP contribution in [0.2, 0.25) is 0 Å². The molecular formula is C14H15N3O3. The molecule has 1 heterocycles. The Hall–Kier alpha value is -2.47. The monoisotopic (exact) mass is 273 g/mol. The Morgan fingerprint density at radius 1 is 1.25 bits per heavy atom. The van der Waals surface area contributed by atoms with Gasteiger partial charge in [-0.25, -0.2) is 4.98 Å². The molecule has 6 heteroatoms. The number of pyridine rings is 1. The van der Waals surface area contributed by atoms with Crippen LogP contribution in [0.3, 0.4) is 0 Å². The van der Waals surface area contributed by atoms with E-state index in [2.05, 4.69) is 10.3 Å². The number of hydrogen-bond acceptors (Lipinski definition) is 5. The zero-order valence-corrected chi connectivity index (χ0v) is 11.2. The molecule has 0 radical (unpaired) electrons. The van der Waals surface area contributed by atoms with Crippen molar-refractivity contribution in [2.75, 3.05) is 7.05 Å². The van der Waals surface area contributed by atoms with Crippen LogP contribution in [0.15, 0.2) is 42.6 Å². The highest BCUT2D eigenvalue weighted by Gasteiger charge is 2.06. The third-order valence-corrected chi connectivity index (χ3v) is 2.96. The molecule has 1 atom stereocenters. The first kappa shape index (κ1) is 14.0. The number of nitrogens with one attached hydrogen (secondary N) is 1. The second kappa shape index (κ2) is 6.12. The lowest BCUT2D eigenvalue weighted by molar-refractivity contribution is -0.384. The minimum atomic E-state index is -0.448. The second-order valence-electron chi connectivity index (χ2n) is 4.29. The van der Waals surface area contributed by atoms with Gasteiger partial charge in [0.2, 0.25) is 5.88 Å². The first-order valence-corrected chi connectivity index (χ1v) is 6.15. The summed E-state index contributed by atoms with van der Waals surface area (Å²) >= 11 is 0. The van der Waals surface area contributed by atoms with Crippen molar-refractivity contribution in [3.05, 3.63) is 58.3 Å². The van der Waals surface area contributed by atoms with Crippen LogP contribution in [-0.4, -0.2) is 17.0 Å². The van der Waals surface area contributed by atoms with Crippen LogP contribution in [-0.2, 0) is 0 Å². The summed E-state index contributed by atoms with van der Waals surface area (Å²) in [6.07, 6.45) is 1.74. The molecule has 1 aromatic carbocycles. The third kappa shape index (κ3) is 3.30. The second-order valence-corrected chi connectivity index (χ2v) is 4.29. The molecule has 1 aromatic heterocycles. The molecule has 1 N–H and O–H groups in total. The molecule has 104 valence electrons. The molecule has 0 saturated heterocycles. The molecule has 20 heavy (non-hydrogen) atoms. The molecule has 0 aliphatic carbocycles. The first-order chi connectivity index (χ1) is 9.60. The van der Waals surface area contributed by atoms with Crippen molar-refractivity contribution in [2.45, 2.75) is 13.0 Å². The number of rotatable bonds is 5. The lowest BCUT2D eigenvalue weighted by Gasteiger charge is -2.10. The van der Waals surface area contributed by atoms with E-state index in [1.807, 2.05) is 20.0 Å². The van der Waals surface area contributed by atoms with Crippen LogP contribution < -0.4 is 10.1 Å². The molecule has 0 amide bonds. The van der Waals surface area contributed by atoms with Crippen molar-refractivity contribution < 1.29 is 9.66 Å². The minimum absolute atomic E-state index is 0.0310. The number of non-ortho nitro benzene ring substituents is 1. The predicted octanol–water partition coefficient (Wildman–Crippen LogP) is 3.06. The summed E-state index contributed by atoms with van der Waals surface area (Å²) in [5.74, 6) is 0.962. The Morgan fingerprint density at radius 2 is 1.95 bits per heavy atom. The van der Waals surface area contributed by atoms with E-state index in [-0.39, 0.29) is 11.7 Å². The number of aromatic nitrogens is 1. The maximum absolute atomic E-state index is 10.5. The standard InChI is InChI=1S/C14H15N3O3/c1-10(15-2)11-3-8-14(16-9-11)20-13-6-4-12(5-7-13)17(18)19/h3-10,15H,1-2H3. The number of hydrogen-bond donors (Lipinski definition) is 1. The molecule has 0 spiro atoms. The minimum Gasteiger partial charge on any atom is -0.439 e. The van der Waals surface area contributed by atoms with Crippen molar-refractivity contribution in [1.82, 2.24) is 10.3 Å². The SMILES string of the molecule is CNC(C)c1ccc(Oc2ccc([N+](=O)[O-])cc2)nc1. The number of nitrogens with zero attached hydrogens (tertiary/aromatic N) is 2. The van der Waals surface area contributed by atoms with E-state index in [4.69, 9.17) is 4.74 Å². The molecular weight excluding hydrogens is 258 g/mol. The Labute approximate surface area is 116 Å². The highest BCUT2D eigenvalue weighted by Crippen LogP contribution is 2.23. The first-order valence-electron chi connectivity index (χ1n) is 6.15. The quantitative estimate of drug-likeness (QED) is 0.669. The zero-order valence-electron chi connectivity index (χ0n) is 11.2. The van der Waals surface area contributed by atoms with Crippen molar-refractivity contribution in [3.8, 4) is 11.6 Å². The number of ether oxygens (including phenoxy) is 1. The molecule has 0 saturated carbocycles. The molecule has 2 rings (SSSR count). The summed E-state index contributed by atoms with van der Waals surface area (Å²) < 4.78 is 5.53. The zero-order chi connectivity index (χ0) is 14.5. The molecule has 0 fully saturated rings. The van der Waals surface area contributed by atoms with Crippen LogP contribution in [0.1, 0.15) is 18.5 Å². The normalized spacial score (nSPS) is 11.9. The smallest absolute Gasteiger partial charge is 0.269 e. The van der Waals surface area contributed by atoms with Crippen molar-refractivity contribution in [3.63, 3.8) is 0 Å². The van der Waals surface area contributed by atoms with E-state index in [0.29, 0.717) is 11.6 Å². The molecule has 2 aromatic rings. The highest BCUT2D eigenvalue weighted by atomic mass is 16.6. The molecule has 1 unspecified atom stereocenters. The van der Waals surface area contributed by atoms with E-state index < -0.39 is 4.92 Å². The Balaban J connectivity index is 2.08. The average Bonchev–Trinajstić information content (AvgIpc) is 2.48. The molecule has 6 nitrogen and oxygen atoms in total. The van der Waals surface area contributed by atoms with Gasteiger partial charge in [0.25, 0.3) is 5.69 Å². The highest BCUT2D eigenvalue weighted by molar-refractivity contribution is 5.37. The lowest BCUT2D eigenvalue weighted by atomic mass is 10.1. The van der Waals surface area contributed by atoms with E-state index >= 15 is 0 Å². The number of nitro groups is 1. The lowest BCUT2D eigenvalue weighted by Crippen LogP contribution is -2.12. The van der Waals surface area contributed by atoms with Gasteiger partial charge in [-0.1, -0.05) is 6.07 Å². The van der Waals surface area contributed by atoms with E-state index in [1.165, 1.54) is 12.1 Å². The third-order valence-electron chi connectivity index (χ3n) is 2.96. The number of nitro benzene ring substituents is 1. The summed E-state index contributed by atoms with van der Waals surface area (Å²) in [6.45, 7) is 2.04. The Morgan fingerprint density at radius 3 is 2.45 bits per heavy atom. The van der Waals surface area contributed by atoms with Crippen molar-refractivity contribution >= 4 is 5.69 Å². The summed E-state index contributed by atoms with van der Waals surface area (Å²) in [5, 5.41) is 13.7. The maximum atomic E-state index is 10.5. The van der Waals surface area contributed by atoms with Gasteiger partial charge in [0, 0.05) is 30.4 Å². The fraction of sp³-hybridized carbons (Fsp3) is 0.214. The summed E-state index contributed by atoms with van der Waals surface area (Å²) in [7, 11) is 1.88. The Kier molecular flexibility index (Phi) is 4.27. The average molecular weight is 273 g/mol. The number of benzene rings is 1. The summed E-state index contributed by atoms with van der Waals surface area (Å²) in [5.41, 5.74) is 1.09. The summed E-state index contributed by atoms with van der Waals surface area (Å²) in [6, 6.07) is 9.79. The van der Waals surface area contributed by atoms with E-state index in [1.54, 1.807) is 24.4 Å². The van der Waals surface area contributed by atoms with Crippen LogP contribution in [0, 0.1) is 10.1 Å². The maximum Gasteiger partial charge on any atom is 0.269 e. The van der Waals surface area contributed by atoms with Crippen LogP contribution >= 0.6 is 0 Å². The van der Waals surface area contributed by atoms with Gasteiger partial charge in [-0.15, -0.1) is 0 Å². The van der Waals surface area contributed by atoms with Crippen LogP contribution in [0.4, 0.5) is 5.69 Å². The predicted molar refractivity (Wildman–Crippen MR) is 74.9 cm³/mol. The van der Waals surface area contributed by atoms with Gasteiger partial charge in [-0.05, 0) is 31.7 Å². The van der Waals surface area contributed by atoms with Crippen LogP contribution in [0.5, 0.6) is 11.6 Å². The molecule has 0 aliphatic rings. The fourth-order valence-electron chi connectivity index (χ4n) is 1.63. The van der Waals surface area contributed by atoms with Gasteiger partial charge in [0.1, 0.15) is 5.75 Å². The van der Waals surface area contributed by atoms with Gasteiger partial charge < -0.3 is 10.1 Å². The van der Waals surface area contributed by atoms with Gasteiger partial charge in [0.15, 0.2) is 0 Å². The van der Waals surface area contributed by atoms with Gasteiger partial charge in [-0.3, -0.25) is 10.1 Å². The van der Waals surface area contributed by atoms with Gasteiger partial charge >= 0.3 is 0 Å².